The topological polar surface area (TPSA) is 70.8 Å². The molecule has 0 amide bonds. The lowest BCUT2D eigenvalue weighted by Gasteiger charge is -2.15. The second-order valence-electron chi connectivity index (χ2n) is 4.05. The third-order valence-electron chi connectivity index (χ3n) is 2.45. The molecule has 16 heavy (non-hydrogen) atoms. The summed E-state index contributed by atoms with van der Waals surface area (Å²) in [6.07, 6.45) is 2.84. The average Bonchev–Trinajstić information content (AvgIpc) is 2.29. The maximum atomic E-state index is 11.6. The Hall–Kier alpha value is -1.41. The zero-order valence-electron chi connectivity index (χ0n) is 9.56. The van der Waals surface area contributed by atoms with E-state index in [4.69, 9.17) is 5.26 Å². The molecule has 0 N–H and O–H groups in total. The fourth-order valence-corrected chi connectivity index (χ4v) is 2.02. The third kappa shape index (κ3) is 2.39. The minimum Gasteiger partial charge on any atom is -0.263 e. The molecule has 0 aromatic carbocycles. The first-order chi connectivity index (χ1) is 7.33. The number of rotatable bonds is 3. The summed E-state index contributed by atoms with van der Waals surface area (Å²) < 4.78 is 23.3. The van der Waals surface area contributed by atoms with Gasteiger partial charge in [0.15, 0.2) is 9.84 Å². The highest BCUT2D eigenvalue weighted by atomic mass is 32.2. The minimum absolute atomic E-state index is 0.0329. The molecule has 1 rings (SSSR count). The number of hydrogen-bond donors (Lipinski definition) is 0. The normalized spacial score (nSPS) is 12.1. The lowest BCUT2D eigenvalue weighted by atomic mass is 9.88. The van der Waals surface area contributed by atoms with Crippen molar-refractivity contribution < 1.29 is 8.42 Å². The molecule has 0 bridgehead atoms. The van der Waals surface area contributed by atoms with Gasteiger partial charge in [-0.15, -0.1) is 0 Å². The molecule has 0 unspecified atom stereocenters. The van der Waals surface area contributed by atoms with Gasteiger partial charge in [-0.3, -0.25) is 4.98 Å². The van der Waals surface area contributed by atoms with E-state index < -0.39 is 15.3 Å². The van der Waals surface area contributed by atoms with Crippen molar-refractivity contribution in [3.05, 3.63) is 24.0 Å². The zero-order chi connectivity index (χ0) is 12.4. The predicted octanol–water partition coefficient (Wildman–Crippen LogP) is 1.68. The summed E-state index contributed by atoms with van der Waals surface area (Å²) in [7, 11) is -3.26. The van der Waals surface area contributed by atoms with Gasteiger partial charge < -0.3 is 0 Å². The Labute approximate surface area is 95.9 Å². The smallest absolute Gasteiger partial charge is 0.179 e. The van der Waals surface area contributed by atoms with E-state index in [1.54, 1.807) is 20.8 Å². The van der Waals surface area contributed by atoms with Crippen LogP contribution < -0.4 is 0 Å². The van der Waals surface area contributed by atoms with Crippen LogP contribution in [0.15, 0.2) is 23.4 Å². The van der Waals surface area contributed by atoms with Gasteiger partial charge in [-0.05, 0) is 25.5 Å². The fraction of sp³-hybridized carbons (Fsp3) is 0.455. The average molecular weight is 238 g/mol. The van der Waals surface area contributed by atoms with Crippen molar-refractivity contribution in [2.75, 3.05) is 5.75 Å². The van der Waals surface area contributed by atoms with E-state index in [1.807, 2.05) is 0 Å². The molecule has 86 valence electrons. The largest absolute Gasteiger partial charge is 0.263 e. The van der Waals surface area contributed by atoms with Crippen LogP contribution in [0.4, 0.5) is 0 Å². The molecule has 0 fully saturated rings. The molecule has 0 radical (unpaired) electrons. The van der Waals surface area contributed by atoms with Crippen LogP contribution in [0.25, 0.3) is 0 Å². The lowest BCUT2D eigenvalue weighted by Crippen LogP contribution is -2.15. The summed E-state index contributed by atoms with van der Waals surface area (Å²) in [6.45, 7) is 5.04. The Morgan fingerprint density at radius 1 is 1.44 bits per heavy atom. The first-order valence-electron chi connectivity index (χ1n) is 4.93. The summed E-state index contributed by atoms with van der Waals surface area (Å²) in [4.78, 5) is 4.06. The molecule has 0 atom stereocenters. The van der Waals surface area contributed by atoms with Crippen molar-refractivity contribution >= 4 is 9.84 Å². The summed E-state index contributed by atoms with van der Waals surface area (Å²) in [5.74, 6) is 0.0329. The SMILES string of the molecule is CCS(=O)(=O)c1cncc(C(C)(C)C#N)c1. The number of pyridine rings is 1. The monoisotopic (exact) mass is 238 g/mol. The third-order valence-corrected chi connectivity index (χ3v) is 4.16. The van der Waals surface area contributed by atoms with Crippen LogP contribution in [0.3, 0.4) is 0 Å². The molecule has 1 aromatic rings. The van der Waals surface area contributed by atoms with Crippen LogP contribution in [0.5, 0.6) is 0 Å². The highest BCUT2D eigenvalue weighted by molar-refractivity contribution is 7.91. The van der Waals surface area contributed by atoms with E-state index >= 15 is 0 Å². The highest BCUT2D eigenvalue weighted by Crippen LogP contribution is 2.23. The Bertz CT molecular complexity index is 527. The summed E-state index contributed by atoms with van der Waals surface area (Å²) >= 11 is 0. The van der Waals surface area contributed by atoms with Gasteiger partial charge in [0.2, 0.25) is 0 Å². The van der Waals surface area contributed by atoms with Crippen LogP contribution in [0.2, 0.25) is 0 Å². The molecule has 0 aliphatic carbocycles. The standard InChI is InChI=1S/C11H14N2O2S/c1-4-16(14,15)10-5-9(6-13-7-10)11(2,3)8-12/h5-7H,4H2,1-3H3. The fourth-order valence-electron chi connectivity index (χ4n) is 1.16. The Balaban J connectivity index is 3.32. The maximum absolute atomic E-state index is 11.6. The van der Waals surface area contributed by atoms with Crippen molar-refractivity contribution in [1.82, 2.24) is 4.98 Å². The lowest BCUT2D eigenvalue weighted by molar-refractivity contribution is 0.596. The van der Waals surface area contributed by atoms with Crippen LogP contribution in [-0.2, 0) is 15.3 Å². The maximum Gasteiger partial charge on any atom is 0.179 e. The molecule has 0 aliphatic rings. The van der Waals surface area contributed by atoms with E-state index in [1.165, 1.54) is 18.5 Å². The summed E-state index contributed by atoms with van der Waals surface area (Å²) in [6, 6.07) is 3.64. The van der Waals surface area contributed by atoms with Gasteiger partial charge in [0.05, 0.1) is 22.1 Å². The Morgan fingerprint density at radius 2 is 2.06 bits per heavy atom. The van der Waals surface area contributed by atoms with E-state index in [-0.39, 0.29) is 10.6 Å². The first-order valence-corrected chi connectivity index (χ1v) is 6.58. The van der Waals surface area contributed by atoms with Gasteiger partial charge in [0.25, 0.3) is 0 Å². The molecule has 0 aliphatic heterocycles. The van der Waals surface area contributed by atoms with Crippen LogP contribution in [-0.4, -0.2) is 19.2 Å². The molecule has 1 aromatic heterocycles. The van der Waals surface area contributed by atoms with Crippen molar-refractivity contribution in [3.63, 3.8) is 0 Å². The van der Waals surface area contributed by atoms with Gasteiger partial charge in [-0.2, -0.15) is 5.26 Å². The molecular formula is C11H14N2O2S. The van der Waals surface area contributed by atoms with Crippen molar-refractivity contribution in [1.29, 1.82) is 5.26 Å². The van der Waals surface area contributed by atoms with E-state index in [9.17, 15) is 8.42 Å². The van der Waals surface area contributed by atoms with Crippen LogP contribution >= 0.6 is 0 Å². The van der Waals surface area contributed by atoms with Crippen molar-refractivity contribution in [2.24, 2.45) is 0 Å². The highest BCUT2D eigenvalue weighted by Gasteiger charge is 2.22. The molecule has 5 heteroatoms. The number of aromatic nitrogens is 1. The summed E-state index contributed by atoms with van der Waals surface area (Å²) in [5, 5.41) is 8.97. The molecule has 0 spiro atoms. The van der Waals surface area contributed by atoms with Crippen molar-refractivity contribution in [3.8, 4) is 6.07 Å². The molecule has 0 saturated carbocycles. The van der Waals surface area contributed by atoms with E-state index in [0.717, 1.165) is 0 Å². The minimum atomic E-state index is -3.26. The van der Waals surface area contributed by atoms with E-state index in [2.05, 4.69) is 11.1 Å². The Kier molecular flexibility index (Phi) is 3.34. The first kappa shape index (κ1) is 12.7. The number of nitriles is 1. The van der Waals surface area contributed by atoms with Gasteiger partial charge in [-0.1, -0.05) is 6.92 Å². The number of hydrogen-bond acceptors (Lipinski definition) is 4. The van der Waals surface area contributed by atoms with Crippen LogP contribution in [0, 0.1) is 11.3 Å². The van der Waals surface area contributed by atoms with Gasteiger partial charge >= 0.3 is 0 Å². The van der Waals surface area contributed by atoms with E-state index in [0.29, 0.717) is 5.56 Å². The molecule has 0 saturated heterocycles. The van der Waals surface area contributed by atoms with Gasteiger partial charge in [-0.25, -0.2) is 8.42 Å². The Morgan fingerprint density at radius 3 is 2.56 bits per heavy atom. The quantitative estimate of drug-likeness (QED) is 0.803. The summed E-state index contributed by atoms with van der Waals surface area (Å²) in [5.41, 5.74) is -0.115. The molecular weight excluding hydrogens is 224 g/mol. The zero-order valence-corrected chi connectivity index (χ0v) is 10.4. The molecule has 1 heterocycles. The van der Waals surface area contributed by atoms with Gasteiger partial charge in [0, 0.05) is 12.4 Å². The second kappa shape index (κ2) is 4.22. The van der Waals surface area contributed by atoms with Crippen molar-refractivity contribution in [2.45, 2.75) is 31.1 Å². The second-order valence-corrected chi connectivity index (χ2v) is 6.33. The number of nitrogens with zero attached hydrogens (tertiary/aromatic N) is 2. The molecule has 4 nitrogen and oxygen atoms in total. The van der Waals surface area contributed by atoms with Crippen LogP contribution in [0.1, 0.15) is 26.3 Å². The van der Waals surface area contributed by atoms with Gasteiger partial charge in [0.1, 0.15) is 0 Å². The number of sulfone groups is 1. The predicted molar refractivity (Wildman–Crippen MR) is 60.6 cm³/mol.